The lowest BCUT2D eigenvalue weighted by molar-refractivity contribution is -0.121. The van der Waals surface area contributed by atoms with Crippen LogP contribution in [0.25, 0.3) is 0 Å². The van der Waals surface area contributed by atoms with Crippen LogP contribution in [0, 0.1) is 0 Å². The first-order chi connectivity index (χ1) is 7.20. The average Bonchev–Trinajstić information content (AvgIpc) is 2.25. The van der Waals surface area contributed by atoms with Gasteiger partial charge in [0.05, 0.1) is 0 Å². The summed E-state index contributed by atoms with van der Waals surface area (Å²) in [6, 6.07) is 0. The van der Waals surface area contributed by atoms with E-state index in [1.54, 1.807) is 0 Å². The highest BCUT2D eigenvalue weighted by Crippen LogP contribution is 1.96. The molecule has 0 fully saturated rings. The predicted molar refractivity (Wildman–Crippen MR) is 59.8 cm³/mol. The summed E-state index contributed by atoms with van der Waals surface area (Å²) < 4.78 is 0. The van der Waals surface area contributed by atoms with Crippen LogP contribution in [0.2, 0.25) is 0 Å². The van der Waals surface area contributed by atoms with E-state index < -0.39 is 0 Å². The van der Waals surface area contributed by atoms with Gasteiger partial charge >= 0.3 is 0 Å². The third-order valence-electron chi connectivity index (χ3n) is 2.07. The summed E-state index contributed by atoms with van der Waals surface area (Å²) >= 11 is 0. The van der Waals surface area contributed by atoms with Crippen molar-refractivity contribution in [1.29, 1.82) is 0 Å². The summed E-state index contributed by atoms with van der Waals surface area (Å²) in [5, 5.41) is 14.0. The van der Waals surface area contributed by atoms with E-state index in [-0.39, 0.29) is 11.7 Å². The van der Waals surface area contributed by atoms with E-state index in [2.05, 4.69) is 17.4 Å². The van der Waals surface area contributed by atoms with E-state index in [1.807, 2.05) is 0 Å². The number of carbonyl (C=O) groups is 1. The first-order valence-electron chi connectivity index (χ1n) is 5.43. The minimum Gasteiger partial charge on any atom is -0.409 e. The fourth-order valence-corrected chi connectivity index (χ4v) is 1.13. The SMILES string of the molecule is CCCCC(=O)NCCCCC(N)=NO. The lowest BCUT2D eigenvalue weighted by atomic mass is 10.2. The van der Waals surface area contributed by atoms with Gasteiger partial charge in [0.1, 0.15) is 5.84 Å². The molecule has 0 aliphatic heterocycles. The maximum atomic E-state index is 11.2. The molecule has 15 heavy (non-hydrogen) atoms. The Bertz CT molecular complexity index is 205. The number of amides is 1. The van der Waals surface area contributed by atoms with E-state index in [9.17, 15) is 4.79 Å². The number of hydrogen-bond acceptors (Lipinski definition) is 3. The van der Waals surface area contributed by atoms with Crippen molar-refractivity contribution in [1.82, 2.24) is 5.32 Å². The Balaban J connectivity index is 3.27. The van der Waals surface area contributed by atoms with Gasteiger partial charge in [-0.3, -0.25) is 4.79 Å². The lowest BCUT2D eigenvalue weighted by Gasteiger charge is -2.04. The molecule has 0 radical (unpaired) electrons. The number of unbranched alkanes of at least 4 members (excludes halogenated alkanes) is 2. The van der Waals surface area contributed by atoms with E-state index in [1.165, 1.54) is 0 Å². The van der Waals surface area contributed by atoms with E-state index >= 15 is 0 Å². The standard InChI is InChI=1S/C10H21N3O2/c1-2-3-7-10(14)12-8-5-4-6-9(11)13-15/h15H,2-8H2,1H3,(H2,11,13)(H,12,14). The number of rotatable bonds is 8. The molecule has 1 amide bonds. The highest BCUT2D eigenvalue weighted by molar-refractivity contribution is 5.79. The molecule has 4 N–H and O–H groups in total. The molecular weight excluding hydrogens is 194 g/mol. The molecule has 5 heteroatoms. The molecule has 0 aliphatic rings. The molecule has 0 rings (SSSR count). The Kier molecular flexibility index (Phi) is 8.52. The van der Waals surface area contributed by atoms with Crippen molar-refractivity contribution < 1.29 is 10.0 Å². The molecule has 0 heterocycles. The smallest absolute Gasteiger partial charge is 0.219 e. The van der Waals surface area contributed by atoms with Crippen LogP contribution in [0.5, 0.6) is 0 Å². The summed E-state index contributed by atoms with van der Waals surface area (Å²) in [7, 11) is 0. The topological polar surface area (TPSA) is 87.7 Å². The van der Waals surface area contributed by atoms with Crippen LogP contribution >= 0.6 is 0 Å². The third-order valence-corrected chi connectivity index (χ3v) is 2.07. The Morgan fingerprint density at radius 2 is 2.07 bits per heavy atom. The lowest BCUT2D eigenvalue weighted by Crippen LogP contribution is -2.24. The zero-order valence-electron chi connectivity index (χ0n) is 9.33. The summed E-state index contributed by atoms with van der Waals surface area (Å²) in [6.45, 7) is 2.73. The maximum Gasteiger partial charge on any atom is 0.219 e. The third kappa shape index (κ3) is 9.05. The zero-order valence-corrected chi connectivity index (χ0v) is 9.33. The highest BCUT2D eigenvalue weighted by atomic mass is 16.4. The Morgan fingerprint density at radius 3 is 2.67 bits per heavy atom. The average molecular weight is 215 g/mol. The molecule has 0 saturated carbocycles. The van der Waals surface area contributed by atoms with Crippen molar-refractivity contribution in [2.45, 2.75) is 45.4 Å². The highest BCUT2D eigenvalue weighted by Gasteiger charge is 1.99. The van der Waals surface area contributed by atoms with Crippen molar-refractivity contribution in [2.75, 3.05) is 6.54 Å². The van der Waals surface area contributed by atoms with Crippen molar-refractivity contribution in [3.8, 4) is 0 Å². The predicted octanol–water partition coefficient (Wildman–Crippen LogP) is 1.21. The van der Waals surface area contributed by atoms with Crippen molar-refractivity contribution in [3.05, 3.63) is 0 Å². The fraction of sp³-hybridized carbons (Fsp3) is 0.800. The fourth-order valence-electron chi connectivity index (χ4n) is 1.13. The summed E-state index contributed by atoms with van der Waals surface area (Å²) in [6.07, 6.45) is 4.84. The van der Waals surface area contributed by atoms with Gasteiger partial charge in [0.25, 0.3) is 0 Å². The van der Waals surface area contributed by atoms with Gasteiger partial charge in [0.2, 0.25) is 5.91 Å². The maximum absolute atomic E-state index is 11.2. The van der Waals surface area contributed by atoms with Crippen LogP contribution in [0.15, 0.2) is 5.16 Å². The van der Waals surface area contributed by atoms with Crippen LogP contribution in [-0.2, 0) is 4.79 Å². The van der Waals surface area contributed by atoms with Gasteiger partial charge in [-0.25, -0.2) is 0 Å². The number of oxime groups is 1. The number of nitrogens with one attached hydrogen (secondary N) is 1. The summed E-state index contributed by atoms with van der Waals surface area (Å²) in [5.74, 6) is 0.355. The van der Waals surface area contributed by atoms with Gasteiger partial charge in [-0.05, 0) is 19.3 Å². The Hall–Kier alpha value is -1.26. The minimum absolute atomic E-state index is 0.112. The van der Waals surface area contributed by atoms with Crippen LogP contribution in [0.3, 0.4) is 0 Å². The van der Waals surface area contributed by atoms with E-state index in [4.69, 9.17) is 10.9 Å². The second-order valence-corrected chi connectivity index (χ2v) is 3.50. The number of hydrogen-bond donors (Lipinski definition) is 3. The largest absolute Gasteiger partial charge is 0.409 e. The van der Waals surface area contributed by atoms with Crippen LogP contribution in [0.4, 0.5) is 0 Å². The molecule has 0 aromatic heterocycles. The molecule has 0 saturated heterocycles. The summed E-state index contributed by atoms with van der Waals surface area (Å²) in [4.78, 5) is 11.2. The second kappa shape index (κ2) is 9.30. The molecule has 0 atom stereocenters. The number of nitrogens with zero attached hydrogens (tertiary/aromatic N) is 1. The first-order valence-corrected chi connectivity index (χ1v) is 5.43. The van der Waals surface area contributed by atoms with Gasteiger partial charge in [-0.1, -0.05) is 18.5 Å². The second-order valence-electron chi connectivity index (χ2n) is 3.50. The molecule has 0 aromatic rings. The van der Waals surface area contributed by atoms with Crippen molar-refractivity contribution >= 4 is 11.7 Å². The van der Waals surface area contributed by atoms with Gasteiger partial charge in [-0.2, -0.15) is 0 Å². The van der Waals surface area contributed by atoms with Gasteiger partial charge in [0.15, 0.2) is 0 Å². The Labute approximate surface area is 90.7 Å². The van der Waals surface area contributed by atoms with Gasteiger partial charge in [0, 0.05) is 19.4 Å². The van der Waals surface area contributed by atoms with Crippen molar-refractivity contribution in [3.63, 3.8) is 0 Å². The van der Waals surface area contributed by atoms with E-state index in [0.29, 0.717) is 19.4 Å². The van der Waals surface area contributed by atoms with Crippen molar-refractivity contribution in [2.24, 2.45) is 10.9 Å². The molecule has 88 valence electrons. The summed E-state index contributed by atoms with van der Waals surface area (Å²) in [5.41, 5.74) is 5.29. The van der Waals surface area contributed by atoms with E-state index in [0.717, 1.165) is 25.7 Å². The van der Waals surface area contributed by atoms with Gasteiger partial charge in [-0.15, -0.1) is 0 Å². The minimum atomic E-state index is 0.112. The Morgan fingerprint density at radius 1 is 1.33 bits per heavy atom. The first kappa shape index (κ1) is 13.7. The molecule has 0 bridgehead atoms. The molecule has 0 aromatic carbocycles. The number of amidine groups is 1. The normalized spacial score (nSPS) is 11.4. The van der Waals surface area contributed by atoms with Crippen LogP contribution < -0.4 is 11.1 Å². The molecule has 0 aliphatic carbocycles. The quantitative estimate of drug-likeness (QED) is 0.187. The molecule has 5 nitrogen and oxygen atoms in total. The number of nitrogens with two attached hydrogens (primary N) is 1. The monoisotopic (exact) mass is 215 g/mol. The zero-order chi connectivity index (χ0) is 11.5. The molecular formula is C10H21N3O2. The molecule has 0 spiro atoms. The number of carbonyl (C=O) groups excluding carboxylic acids is 1. The van der Waals surface area contributed by atoms with Crippen LogP contribution in [0.1, 0.15) is 45.4 Å². The van der Waals surface area contributed by atoms with Crippen LogP contribution in [-0.4, -0.2) is 23.5 Å². The van der Waals surface area contributed by atoms with Gasteiger partial charge < -0.3 is 16.3 Å². The molecule has 0 unspecified atom stereocenters.